The van der Waals surface area contributed by atoms with Crippen molar-refractivity contribution in [3.63, 3.8) is 0 Å². The van der Waals surface area contributed by atoms with Gasteiger partial charge in [-0.1, -0.05) is 12.2 Å². The van der Waals surface area contributed by atoms with Crippen LogP contribution in [0.25, 0.3) is 0 Å². The van der Waals surface area contributed by atoms with E-state index in [-0.39, 0.29) is 5.56 Å². The molecule has 0 spiro atoms. The van der Waals surface area contributed by atoms with Crippen LogP contribution in [0.5, 0.6) is 0 Å². The lowest BCUT2D eigenvalue weighted by Gasteiger charge is -2.11. The van der Waals surface area contributed by atoms with Crippen LogP contribution in [0.4, 0.5) is 5.95 Å². The molecule has 2 N–H and O–H groups in total. The molecule has 5 nitrogen and oxygen atoms in total. The van der Waals surface area contributed by atoms with Gasteiger partial charge in [0, 0.05) is 18.0 Å². The summed E-state index contributed by atoms with van der Waals surface area (Å²) in [6.45, 7) is 1.77. The molecule has 0 unspecified atom stereocenters. The summed E-state index contributed by atoms with van der Waals surface area (Å²) in [6.07, 6.45) is 9.51. The summed E-state index contributed by atoms with van der Waals surface area (Å²) in [5, 5.41) is 4.11. The second-order valence-corrected chi connectivity index (χ2v) is 4.17. The van der Waals surface area contributed by atoms with Crippen LogP contribution in [0.1, 0.15) is 25.0 Å². The number of allylic oxidation sites excluding steroid dienone is 2. The van der Waals surface area contributed by atoms with Crippen LogP contribution in [-0.2, 0) is 0 Å². The van der Waals surface area contributed by atoms with E-state index < -0.39 is 0 Å². The van der Waals surface area contributed by atoms with Crippen LogP contribution in [0.15, 0.2) is 28.1 Å². The molecule has 0 radical (unpaired) electrons. The average Bonchev–Trinajstić information content (AvgIpc) is 2.29. The summed E-state index contributed by atoms with van der Waals surface area (Å²) in [5.41, 5.74) is 3.25. The maximum absolute atomic E-state index is 11.2. The zero-order valence-electron chi connectivity index (χ0n) is 9.81. The minimum atomic E-state index is -0.171. The van der Waals surface area contributed by atoms with Crippen molar-refractivity contribution in [2.45, 2.75) is 26.2 Å². The quantitative estimate of drug-likeness (QED) is 0.474. The highest BCUT2D eigenvalue weighted by Gasteiger charge is 2.06. The van der Waals surface area contributed by atoms with Crippen molar-refractivity contribution in [2.24, 2.45) is 11.0 Å². The van der Waals surface area contributed by atoms with Gasteiger partial charge >= 0.3 is 0 Å². The Balaban J connectivity index is 1.94. The van der Waals surface area contributed by atoms with Crippen molar-refractivity contribution in [3.05, 3.63) is 34.3 Å². The predicted molar refractivity (Wildman–Crippen MR) is 68.2 cm³/mol. The van der Waals surface area contributed by atoms with E-state index in [2.05, 4.69) is 32.6 Å². The number of aromatic nitrogens is 2. The third-order valence-electron chi connectivity index (χ3n) is 2.64. The van der Waals surface area contributed by atoms with E-state index >= 15 is 0 Å². The standard InChI is InChI=1S/C12H16N4O/c1-9-7-11(17)15-12(14-9)16-13-8-10-5-3-2-4-6-10/h2-3,7-8,10H,4-6H2,1H3,(H2,14,15,16,17)/b13-8-/t10-/m1/s1. The van der Waals surface area contributed by atoms with Crippen molar-refractivity contribution in [2.75, 3.05) is 5.43 Å². The molecule has 0 aromatic carbocycles. The van der Waals surface area contributed by atoms with Crippen LogP contribution in [-0.4, -0.2) is 16.2 Å². The molecular formula is C12H16N4O. The molecule has 0 bridgehead atoms. The molecule has 1 aromatic heterocycles. The molecule has 1 atom stereocenters. The molecule has 1 aromatic rings. The van der Waals surface area contributed by atoms with Gasteiger partial charge in [-0.15, -0.1) is 0 Å². The second-order valence-electron chi connectivity index (χ2n) is 4.17. The van der Waals surface area contributed by atoms with Gasteiger partial charge in [-0.05, 0) is 32.1 Å². The first-order valence-electron chi connectivity index (χ1n) is 5.76. The van der Waals surface area contributed by atoms with E-state index in [0.717, 1.165) is 19.3 Å². The van der Waals surface area contributed by atoms with Crippen LogP contribution in [0.2, 0.25) is 0 Å². The normalized spacial score (nSPS) is 19.7. The third kappa shape index (κ3) is 3.55. The molecule has 1 aliphatic carbocycles. The van der Waals surface area contributed by atoms with Crippen molar-refractivity contribution < 1.29 is 0 Å². The maximum atomic E-state index is 11.2. The monoisotopic (exact) mass is 232 g/mol. The number of hydrogen-bond donors (Lipinski definition) is 2. The highest BCUT2D eigenvalue weighted by molar-refractivity contribution is 5.62. The zero-order valence-corrected chi connectivity index (χ0v) is 9.81. The lowest BCUT2D eigenvalue weighted by molar-refractivity contribution is 0.627. The minimum Gasteiger partial charge on any atom is -0.291 e. The summed E-state index contributed by atoms with van der Waals surface area (Å²) in [5.74, 6) is 0.863. The molecular weight excluding hydrogens is 216 g/mol. The van der Waals surface area contributed by atoms with Gasteiger partial charge in [0.2, 0.25) is 5.95 Å². The lowest BCUT2D eigenvalue weighted by Crippen LogP contribution is -2.11. The fraction of sp³-hybridized carbons (Fsp3) is 0.417. The molecule has 1 aliphatic rings. The Hall–Kier alpha value is -1.91. The number of H-pyrrole nitrogens is 1. The van der Waals surface area contributed by atoms with Crippen molar-refractivity contribution in [1.29, 1.82) is 0 Å². The number of aryl methyl sites for hydroxylation is 1. The first-order chi connectivity index (χ1) is 8.24. The van der Waals surface area contributed by atoms with Crippen LogP contribution in [0.3, 0.4) is 0 Å². The third-order valence-corrected chi connectivity index (χ3v) is 2.64. The van der Waals surface area contributed by atoms with E-state index in [1.165, 1.54) is 6.07 Å². The SMILES string of the molecule is Cc1cc(=O)[nH]c(N/N=C\[C@@H]2CC=CCC2)n1. The predicted octanol–water partition coefficient (Wildman–Crippen LogP) is 1.83. The average molecular weight is 232 g/mol. The van der Waals surface area contributed by atoms with Crippen LogP contribution in [0, 0.1) is 12.8 Å². The van der Waals surface area contributed by atoms with Gasteiger partial charge in [0.25, 0.3) is 5.56 Å². The Morgan fingerprint density at radius 3 is 3.18 bits per heavy atom. The highest BCUT2D eigenvalue weighted by atomic mass is 16.1. The Labute approximate surface area is 99.7 Å². The fourth-order valence-electron chi connectivity index (χ4n) is 1.79. The van der Waals surface area contributed by atoms with E-state index in [4.69, 9.17) is 0 Å². The molecule has 0 fully saturated rings. The summed E-state index contributed by atoms with van der Waals surface area (Å²) in [7, 11) is 0. The number of nitrogens with zero attached hydrogens (tertiary/aromatic N) is 2. The largest absolute Gasteiger partial charge is 0.291 e. The number of rotatable bonds is 3. The lowest BCUT2D eigenvalue weighted by atomic mass is 9.96. The molecule has 90 valence electrons. The Morgan fingerprint density at radius 2 is 2.47 bits per heavy atom. The molecule has 17 heavy (non-hydrogen) atoms. The molecule has 0 saturated heterocycles. The van der Waals surface area contributed by atoms with Crippen molar-refractivity contribution in [1.82, 2.24) is 9.97 Å². The minimum absolute atomic E-state index is 0.171. The van der Waals surface area contributed by atoms with Crippen molar-refractivity contribution in [3.8, 4) is 0 Å². The van der Waals surface area contributed by atoms with E-state index in [1.54, 1.807) is 6.92 Å². The Bertz CT molecular complexity index is 490. The number of aromatic amines is 1. The topological polar surface area (TPSA) is 70.1 Å². The highest BCUT2D eigenvalue weighted by Crippen LogP contribution is 2.15. The zero-order chi connectivity index (χ0) is 12.1. The van der Waals surface area contributed by atoms with Crippen LogP contribution >= 0.6 is 0 Å². The molecule has 5 heteroatoms. The summed E-state index contributed by atoms with van der Waals surface area (Å²) >= 11 is 0. The Kier molecular flexibility index (Phi) is 3.69. The number of hydrazone groups is 1. The van der Waals surface area contributed by atoms with Gasteiger partial charge in [-0.3, -0.25) is 9.78 Å². The van der Waals surface area contributed by atoms with Gasteiger partial charge in [0.1, 0.15) is 0 Å². The summed E-state index contributed by atoms with van der Waals surface area (Å²) in [6, 6.07) is 1.45. The number of hydrogen-bond acceptors (Lipinski definition) is 4. The van der Waals surface area contributed by atoms with E-state index in [0.29, 0.717) is 17.6 Å². The van der Waals surface area contributed by atoms with Gasteiger partial charge in [-0.2, -0.15) is 5.10 Å². The Morgan fingerprint density at radius 1 is 1.59 bits per heavy atom. The van der Waals surface area contributed by atoms with Crippen molar-refractivity contribution >= 4 is 12.2 Å². The van der Waals surface area contributed by atoms with Gasteiger partial charge in [0.05, 0.1) is 0 Å². The van der Waals surface area contributed by atoms with Gasteiger partial charge < -0.3 is 0 Å². The fourth-order valence-corrected chi connectivity index (χ4v) is 1.79. The van der Waals surface area contributed by atoms with Crippen LogP contribution < -0.4 is 11.0 Å². The van der Waals surface area contributed by atoms with E-state index in [1.807, 2.05) is 6.21 Å². The van der Waals surface area contributed by atoms with Gasteiger partial charge in [-0.25, -0.2) is 10.4 Å². The smallest absolute Gasteiger partial charge is 0.252 e. The summed E-state index contributed by atoms with van der Waals surface area (Å²) in [4.78, 5) is 17.9. The first kappa shape index (κ1) is 11.6. The second kappa shape index (κ2) is 5.43. The molecule has 0 saturated carbocycles. The van der Waals surface area contributed by atoms with Gasteiger partial charge in [0.15, 0.2) is 0 Å². The molecule has 2 rings (SSSR count). The molecule has 0 aliphatic heterocycles. The number of nitrogens with one attached hydrogen (secondary N) is 2. The summed E-state index contributed by atoms with van der Waals surface area (Å²) < 4.78 is 0. The number of anilines is 1. The molecule has 0 amide bonds. The molecule has 1 heterocycles. The van der Waals surface area contributed by atoms with E-state index in [9.17, 15) is 4.79 Å². The first-order valence-corrected chi connectivity index (χ1v) is 5.76. The maximum Gasteiger partial charge on any atom is 0.252 e.